The van der Waals surface area contributed by atoms with Gasteiger partial charge in [-0.25, -0.2) is 26.7 Å². The van der Waals surface area contributed by atoms with Crippen LogP contribution >= 0.6 is 0 Å². The third-order valence-corrected chi connectivity index (χ3v) is 3.57. The minimum Gasteiger partial charge on any atom is -0.465 e. The quantitative estimate of drug-likeness (QED) is 0.505. The summed E-state index contributed by atoms with van der Waals surface area (Å²) in [5.74, 6) is -10.8. The molecule has 0 unspecified atom stereocenters. The lowest BCUT2D eigenvalue weighted by atomic mass is 9.94. The molecule has 0 aromatic heterocycles. The average Bonchev–Trinajstić information content (AvgIpc) is 2.48. The Bertz CT molecular complexity index is 543. The number of anilines is 1. The monoisotopic (exact) mass is 309 g/mol. The smallest absolute Gasteiger partial charge is 0.412 e. The van der Waals surface area contributed by atoms with Crippen molar-refractivity contribution in [1.29, 1.82) is 0 Å². The van der Waals surface area contributed by atoms with Crippen LogP contribution in [0.3, 0.4) is 0 Å². The lowest BCUT2D eigenvalue weighted by Crippen LogP contribution is -2.42. The highest BCUT2D eigenvalue weighted by atomic mass is 19.2. The number of halogens is 5. The first-order valence-corrected chi connectivity index (χ1v) is 6.39. The van der Waals surface area contributed by atoms with Crippen molar-refractivity contribution in [2.24, 2.45) is 0 Å². The molecule has 1 aromatic carbocycles. The highest BCUT2D eigenvalue weighted by Crippen LogP contribution is 2.34. The Hall–Kier alpha value is -1.86. The van der Waals surface area contributed by atoms with Gasteiger partial charge >= 0.3 is 6.09 Å². The van der Waals surface area contributed by atoms with Gasteiger partial charge in [0.1, 0.15) is 5.69 Å². The standard InChI is InChI=1S/C13H12F5NO2/c14-7-8(15)10(17)12(11(18)9(7)16)19(13(20)21)6-4-2-1-3-5-6/h6H,1-5H2,(H,20,21). The molecule has 21 heavy (non-hydrogen) atoms. The summed E-state index contributed by atoms with van der Waals surface area (Å²) in [5, 5.41) is 9.13. The summed E-state index contributed by atoms with van der Waals surface area (Å²) in [7, 11) is 0. The largest absolute Gasteiger partial charge is 0.465 e. The van der Waals surface area contributed by atoms with Crippen molar-refractivity contribution >= 4 is 11.8 Å². The number of nitrogens with zero attached hydrogens (tertiary/aromatic N) is 1. The Morgan fingerprint density at radius 2 is 1.29 bits per heavy atom. The van der Waals surface area contributed by atoms with E-state index in [-0.39, 0.29) is 4.90 Å². The Labute approximate surface area is 117 Å². The maximum absolute atomic E-state index is 13.7. The summed E-state index contributed by atoms with van der Waals surface area (Å²) < 4.78 is 66.9. The fourth-order valence-corrected chi connectivity index (χ4v) is 2.58. The van der Waals surface area contributed by atoms with Gasteiger partial charge < -0.3 is 5.11 Å². The van der Waals surface area contributed by atoms with Crippen LogP contribution < -0.4 is 4.90 Å². The summed E-state index contributed by atoms with van der Waals surface area (Å²) in [6, 6.07) is -0.801. The van der Waals surface area contributed by atoms with E-state index >= 15 is 0 Å². The molecule has 1 aliphatic rings. The summed E-state index contributed by atoms with van der Waals surface area (Å²) >= 11 is 0. The van der Waals surface area contributed by atoms with E-state index in [4.69, 9.17) is 5.11 Å². The normalized spacial score (nSPS) is 16.0. The Morgan fingerprint density at radius 1 is 0.857 bits per heavy atom. The van der Waals surface area contributed by atoms with Gasteiger partial charge in [-0.15, -0.1) is 0 Å². The molecular formula is C13H12F5NO2. The van der Waals surface area contributed by atoms with Gasteiger partial charge in [-0.1, -0.05) is 19.3 Å². The Kier molecular flexibility index (Phi) is 4.34. The average molecular weight is 309 g/mol. The van der Waals surface area contributed by atoms with E-state index in [9.17, 15) is 26.7 Å². The Balaban J connectivity index is 2.58. The first-order chi connectivity index (χ1) is 9.86. The molecule has 0 spiro atoms. The van der Waals surface area contributed by atoms with Crippen LogP contribution in [0, 0.1) is 29.1 Å². The molecule has 0 bridgehead atoms. The SMILES string of the molecule is O=C(O)N(c1c(F)c(F)c(F)c(F)c1F)C1CCCCC1. The van der Waals surface area contributed by atoms with Gasteiger partial charge in [0.25, 0.3) is 0 Å². The molecule has 0 radical (unpaired) electrons. The van der Waals surface area contributed by atoms with E-state index in [1.54, 1.807) is 0 Å². The molecule has 1 aromatic rings. The molecule has 2 rings (SSSR count). The van der Waals surface area contributed by atoms with Gasteiger partial charge in [0.15, 0.2) is 23.3 Å². The molecule has 8 heteroatoms. The van der Waals surface area contributed by atoms with E-state index in [2.05, 4.69) is 0 Å². The van der Waals surface area contributed by atoms with Gasteiger partial charge in [-0.2, -0.15) is 0 Å². The van der Waals surface area contributed by atoms with Crippen LogP contribution in [0.4, 0.5) is 32.4 Å². The highest BCUT2D eigenvalue weighted by molar-refractivity contribution is 5.87. The minimum absolute atomic E-state index is 0.259. The first kappa shape index (κ1) is 15.5. The number of amides is 1. The van der Waals surface area contributed by atoms with E-state index < -0.39 is 46.9 Å². The lowest BCUT2D eigenvalue weighted by molar-refractivity contribution is 0.195. The third-order valence-electron chi connectivity index (χ3n) is 3.57. The van der Waals surface area contributed by atoms with E-state index in [0.29, 0.717) is 25.7 Å². The van der Waals surface area contributed by atoms with Crippen molar-refractivity contribution in [3.8, 4) is 0 Å². The molecule has 0 saturated heterocycles. The summed E-state index contributed by atoms with van der Waals surface area (Å²) in [6.07, 6.45) is 0.969. The Morgan fingerprint density at radius 3 is 1.71 bits per heavy atom. The number of carboxylic acid groups (broad SMARTS) is 1. The zero-order valence-electron chi connectivity index (χ0n) is 10.8. The molecule has 1 aliphatic carbocycles. The van der Waals surface area contributed by atoms with Crippen LogP contribution in [0.25, 0.3) is 0 Å². The lowest BCUT2D eigenvalue weighted by Gasteiger charge is -2.32. The second kappa shape index (κ2) is 5.87. The van der Waals surface area contributed by atoms with Crippen molar-refractivity contribution in [3.05, 3.63) is 29.1 Å². The van der Waals surface area contributed by atoms with Crippen molar-refractivity contribution in [2.75, 3.05) is 4.90 Å². The van der Waals surface area contributed by atoms with Gasteiger partial charge in [0, 0.05) is 6.04 Å². The maximum atomic E-state index is 13.7. The molecule has 1 saturated carbocycles. The number of hydrogen-bond donors (Lipinski definition) is 1. The van der Waals surface area contributed by atoms with Crippen LogP contribution in [0.1, 0.15) is 32.1 Å². The van der Waals surface area contributed by atoms with Crippen molar-refractivity contribution in [1.82, 2.24) is 0 Å². The number of carbonyl (C=O) groups is 1. The number of rotatable bonds is 2. The van der Waals surface area contributed by atoms with Gasteiger partial charge in [0.05, 0.1) is 0 Å². The predicted octanol–water partition coefficient (Wildman–Crippen LogP) is 4.20. The molecule has 0 heterocycles. The fourth-order valence-electron chi connectivity index (χ4n) is 2.58. The molecule has 1 N–H and O–H groups in total. The van der Waals surface area contributed by atoms with Gasteiger partial charge in [-0.05, 0) is 12.8 Å². The minimum atomic E-state index is -2.30. The molecule has 116 valence electrons. The number of hydrogen-bond acceptors (Lipinski definition) is 1. The predicted molar refractivity (Wildman–Crippen MR) is 63.6 cm³/mol. The molecular weight excluding hydrogens is 297 g/mol. The van der Waals surface area contributed by atoms with Crippen molar-refractivity contribution < 1.29 is 31.9 Å². The van der Waals surface area contributed by atoms with Crippen LogP contribution in [0.5, 0.6) is 0 Å². The van der Waals surface area contributed by atoms with E-state index in [0.717, 1.165) is 6.42 Å². The third kappa shape index (κ3) is 2.66. The molecule has 1 fully saturated rings. The van der Waals surface area contributed by atoms with Crippen LogP contribution in [0.15, 0.2) is 0 Å². The van der Waals surface area contributed by atoms with Crippen molar-refractivity contribution in [3.63, 3.8) is 0 Å². The van der Waals surface area contributed by atoms with Crippen molar-refractivity contribution in [2.45, 2.75) is 38.1 Å². The maximum Gasteiger partial charge on any atom is 0.412 e. The second-order valence-corrected chi connectivity index (χ2v) is 4.86. The van der Waals surface area contributed by atoms with Crippen LogP contribution in [-0.4, -0.2) is 17.2 Å². The summed E-state index contributed by atoms with van der Waals surface area (Å²) in [5.41, 5.74) is -1.40. The van der Waals surface area contributed by atoms with Crippen LogP contribution in [0.2, 0.25) is 0 Å². The highest BCUT2D eigenvalue weighted by Gasteiger charge is 2.36. The fraction of sp³-hybridized carbons (Fsp3) is 0.462. The van der Waals surface area contributed by atoms with Crippen LogP contribution in [-0.2, 0) is 0 Å². The van der Waals surface area contributed by atoms with E-state index in [1.165, 1.54) is 0 Å². The molecule has 0 atom stereocenters. The van der Waals surface area contributed by atoms with Gasteiger partial charge in [-0.3, -0.25) is 4.90 Å². The first-order valence-electron chi connectivity index (χ1n) is 6.39. The molecule has 3 nitrogen and oxygen atoms in total. The zero-order chi connectivity index (χ0) is 15.7. The summed E-state index contributed by atoms with van der Waals surface area (Å²) in [6.45, 7) is 0. The number of benzene rings is 1. The topological polar surface area (TPSA) is 40.5 Å². The second-order valence-electron chi connectivity index (χ2n) is 4.86. The molecule has 0 aliphatic heterocycles. The summed E-state index contributed by atoms with van der Waals surface area (Å²) in [4.78, 5) is 11.5. The molecule has 1 amide bonds. The van der Waals surface area contributed by atoms with Gasteiger partial charge in [0.2, 0.25) is 5.82 Å². The van der Waals surface area contributed by atoms with E-state index in [1.807, 2.05) is 0 Å². The zero-order valence-corrected chi connectivity index (χ0v) is 10.8.